The standard InChI is InChI=1S/C29H47IO2/c1-19(2)7-6-8-20(3)24-11-12-25-23-10-9-21-17-22(32-27(31)18-30)13-15-28(21,4)26(23)14-16-29(24,25)5/h9,19-20,22-26H,6-8,10-18H2,1-5H3/t20-,22+,23-,24+,25-,26-,28+,29+/m1/s1. The van der Waals surface area contributed by atoms with E-state index in [9.17, 15) is 4.79 Å². The fraction of sp³-hybridized carbons (Fsp3) is 0.897. The Morgan fingerprint density at radius 2 is 1.88 bits per heavy atom. The molecule has 0 saturated heterocycles. The summed E-state index contributed by atoms with van der Waals surface area (Å²) >= 11 is 2.12. The Hall–Kier alpha value is -0.0600. The van der Waals surface area contributed by atoms with E-state index in [4.69, 9.17) is 4.74 Å². The molecule has 0 radical (unpaired) electrons. The van der Waals surface area contributed by atoms with Crippen LogP contribution in [-0.4, -0.2) is 16.5 Å². The lowest BCUT2D eigenvalue weighted by atomic mass is 9.47. The van der Waals surface area contributed by atoms with Gasteiger partial charge in [0.1, 0.15) is 6.10 Å². The van der Waals surface area contributed by atoms with Crippen molar-refractivity contribution in [2.24, 2.45) is 46.3 Å². The Morgan fingerprint density at radius 3 is 2.59 bits per heavy atom. The van der Waals surface area contributed by atoms with Crippen LogP contribution in [0.25, 0.3) is 0 Å². The zero-order chi connectivity index (χ0) is 23.1. The summed E-state index contributed by atoms with van der Waals surface area (Å²) < 4.78 is 6.22. The normalized spacial score (nSPS) is 42.0. The second-order valence-corrected chi connectivity index (χ2v) is 13.5. The number of hydrogen-bond donors (Lipinski definition) is 0. The van der Waals surface area contributed by atoms with E-state index in [0.717, 1.165) is 48.3 Å². The van der Waals surface area contributed by atoms with Crippen molar-refractivity contribution in [3.05, 3.63) is 11.6 Å². The minimum absolute atomic E-state index is 0.0403. The highest BCUT2D eigenvalue weighted by Gasteiger charge is 2.59. The number of halogens is 1. The molecule has 32 heavy (non-hydrogen) atoms. The highest BCUT2D eigenvalue weighted by Crippen LogP contribution is 2.67. The van der Waals surface area contributed by atoms with Crippen LogP contribution in [0.4, 0.5) is 0 Å². The van der Waals surface area contributed by atoms with Crippen molar-refractivity contribution >= 4 is 28.6 Å². The largest absolute Gasteiger partial charge is 0.461 e. The number of carbonyl (C=O) groups excluding carboxylic acids is 1. The van der Waals surface area contributed by atoms with Crippen LogP contribution in [0.1, 0.15) is 105 Å². The number of fused-ring (bicyclic) bond motifs is 5. The smallest absolute Gasteiger partial charge is 0.316 e. The molecule has 0 bridgehead atoms. The highest BCUT2D eigenvalue weighted by molar-refractivity contribution is 14.1. The van der Waals surface area contributed by atoms with Crippen LogP contribution in [0.15, 0.2) is 11.6 Å². The number of alkyl halides is 1. The molecule has 4 aliphatic carbocycles. The van der Waals surface area contributed by atoms with Gasteiger partial charge in [-0.15, -0.1) is 0 Å². The molecule has 3 heteroatoms. The SMILES string of the molecule is CC(C)CCC[C@@H](C)[C@@H]1CC[C@@H]2[C@H]3CC=C4C[C@@H](OC(=O)CI)CC[C@]4(C)[C@@H]3CC[C@]21C. The predicted molar refractivity (Wildman–Crippen MR) is 142 cm³/mol. The monoisotopic (exact) mass is 554 g/mol. The van der Waals surface area contributed by atoms with Crippen LogP contribution in [0, 0.1) is 46.3 Å². The third kappa shape index (κ3) is 4.59. The van der Waals surface area contributed by atoms with Crippen LogP contribution in [0.3, 0.4) is 0 Å². The Kier molecular flexibility index (Phi) is 7.75. The molecule has 4 rings (SSSR count). The minimum atomic E-state index is -0.0403. The van der Waals surface area contributed by atoms with Crippen LogP contribution >= 0.6 is 22.6 Å². The van der Waals surface area contributed by atoms with E-state index < -0.39 is 0 Å². The summed E-state index contributed by atoms with van der Waals surface area (Å²) in [6.45, 7) is 12.6. The molecule has 0 N–H and O–H groups in total. The van der Waals surface area contributed by atoms with E-state index in [1.807, 2.05) is 0 Å². The highest BCUT2D eigenvalue weighted by atomic mass is 127. The predicted octanol–water partition coefficient (Wildman–Crippen LogP) is 8.37. The molecule has 0 aliphatic heterocycles. The average molecular weight is 555 g/mol. The van der Waals surface area contributed by atoms with Crippen molar-refractivity contribution in [3.8, 4) is 0 Å². The third-order valence-electron chi connectivity index (χ3n) is 10.7. The van der Waals surface area contributed by atoms with E-state index in [0.29, 0.717) is 15.3 Å². The van der Waals surface area contributed by atoms with Gasteiger partial charge in [0.2, 0.25) is 0 Å². The van der Waals surface area contributed by atoms with Crippen molar-refractivity contribution in [1.82, 2.24) is 0 Å². The van der Waals surface area contributed by atoms with Crippen molar-refractivity contribution < 1.29 is 9.53 Å². The van der Waals surface area contributed by atoms with Crippen molar-refractivity contribution in [1.29, 1.82) is 0 Å². The summed E-state index contributed by atoms with van der Waals surface area (Å²) in [6.07, 6.45) is 17.3. The number of allylic oxidation sites excluding steroid dienone is 1. The molecule has 0 aromatic carbocycles. The lowest BCUT2D eigenvalue weighted by molar-refractivity contribution is -0.147. The molecular formula is C29H47IO2. The Balaban J connectivity index is 1.45. The maximum Gasteiger partial charge on any atom is 0.316 e. The molecule has 0 aromatic heterocycles. The van der Waals surface area contributed by atoms with Gasteiger partial charge in [-0.2, -0.15) is 0 Å². The number of rotatable bonds is 7. The van der Waals surface area contributed by atoms with Crippen molar-refractivity contribution in [3.63, 3.8) is 0 Å². The third-order valence-corrected chi connectivity index (χ3v) is 11.3. The fourth-order valence-electron chi connectivity index (χ4n) is 8.97. The zero-order valence-electron chi connectivity index (χ0n) is 21.3. The van der Waals surface area contributed by atoms with E-state index in [2.05, 4.69) is 63.3 Å². The van der Waals surface area contributed by atoms with Gasteiger partial charge in [0.15, 0.2) is 0 Å². The van der Waals surface area contributed by atoms with Crippen molar-refractivity contribution in [2.45, 2.75) is 111 Å². The molecule has 3 fully saturated rings. The molecule has 3 saturated carbocycles. The van der Waals surface area contributed by atoms with Gasteiger partial charge < -0.3 is 4.74 Å². The van der Waals surface area contributed by atoms with Crippen molar-refractivity contribution in [2.75, 3.05) is 4.43 Å². The Bertz CT molecular complexity index is 714. The van der Waals surface area contributed by atoms with Gasteiger partial charge in [0.05, 0.1) is 4.43 Å². The van der Waals surface area contributed by atoms with Gasteiger partial charge in [-0.25, -0.2) is 0 Å². The number of carbonyl (C=O) groups is 1. The van der Waals surface area contributed by atoms with Gasteiger partial charge >= 0.3 is 5.97 Å². The summed E-state index contributed by atoms with van der Waals surface area (Å²) in [5.41, 5.74) is 2.53. The quantitative estimate of drug-likeness (QED) is 0.137. The summed E-state index contributed by atoms with van der Waals surface area (Å²) in [4.78, 5) is 11.8. The fourth-order valence-corrected chi connectivity index (χ4v) is 9.15. The summed E-state index contributed by atoms with van der Waals surface area (Å²) in [7, 11) is 0. The van der Waals surface area contributed by atoms with Gasteiger partial charge in [0.25, 0.3) is 0 Å². The molecule has 4 aliphatic rings. The number of esters is 1. The van der Waals surface area contributed by atoms with Crippen LogP contribution in [0.5, 0.6) is 0 Å². The van der Waals surface area contributed by atoms with E-state index in [-0.39, 0.29) is 12.1 Å². The van der Waals surface area contributed by atoms with E-state index in [1.165, 1.54) is 57.8 Å². The lowest BCUT2D eigenvalue weighted by Crippen LogP contribution is -2.51. The molecule has 182 valence electrons. The van der Waals surface area contributed by atoms with Crippen LogP contribution < -0.4 is 0 Å². The maximum absolute atomic E-state index is 11.8. The van der Waals surface area contributed by atoms with Crippen LogP contribution in [-0.2, 0) is 9.53 Å². The van der Waals surface area contributed by atoms with Gasteiger partial charge in [0, 0.05) is 6.42 Å². The molecule has 2 nitrogen and oxygen atoms in total. The molecule has 0 aromatic rings. The molecule has 0 spiro atoms. The van der Waals surface area contributed by atoms with E-state index >= 15 is 0 Å². The van der Waals surface area contributed by atoms with Gasteiger partial charge in [-0.05, 0) is 91.3 Å². The summed E-state index contributed by atoms with van der Waals surface area (Å²) in [5, 5.41) is 0. The second kappa shape index (κ2) is 9.90. The van der Waals surface area contributed by atoms with Gasteiger partial charge in [-0.1, -0.05) is 88.1 Å². The Labute approximate surface area is 211 Å². The maximum atomic E-state index is 11.8. The molecule has 0 heterocycles. The average Bonchev–Trinajstić information content (AvgIpc) is 3.11. The summed E-state index contributed by atoms with van der Waals surface area (Å²) in [5.74, 6) is 5.26. The first-order valence-electron chi connectivity index (χ1n) is 13.6. The molecule has 0 unspecified atom stereocenters. The first-order valence-corrected chi connectivity index (χ1v) is 15.2. The molecular weight excluding hydrogens is 507 g/mol. The number of ether oxygens (including phenoxy) is 1. The topological polar surface area (TPSA) is 26.3 Å². The number of hydrogen-bond acceptors (Lipinski definition) is 2. The second-order valence-electron chi connectivity index (χ2n) is 12.8. The van der Waals surface area contributed by atoms with Gasteiger partial charge in [-0.3, -0.25) is 4.79 Å². The molecule has 0 amide bonds. The molecule has 8 atom stereocenters. The van der Waals surface area contributed by atoms with Crippen LogP contribution in [0.2, 0.25) is 0 Å². The van der Waals surface area contributed by atoms with E-state index in [1.54, 1.807) is 5.57 Å². The Morgan fingerprint density at radius 1 is 1.09 bits per heavy atom. The first-order chi connectivity index (χ1) is 15.2. The minimum Gasteiger partial charge on any atom is -0.461 e. The zero-order valence-corrected chi connectivity index (χ0v) is 23.5. The lowest BCUT2D eigenvalue weighted by Gasteiger charge is -2.58. The summed E-state index contributed by atoms with van der Waals surface area (Å²) in [6, 6.07) is 0. The first kappa shape index (κ1) is 25.0.